The maximum atomic E-state index is 6.05. The van der Waals surface area contributed by atoms with E-state index in [1.165, 1.54) is 5.57 Å². The third kappa shape index (κ3) is 12.4. The fraction of sp³-hybridized carbons (Fsp3) is 0.212. The Morgan fingerprint density at radius 2 is 1.36 bits per heavy atom. The summed E-state index contributed by atoms with van der Waals surface area (Å²) in [6.07, 6.45) is 14.6. The van der Waals surface area contributed by atoms with Gasteiger partial charge >= 0.3 is 0 Å². The summed E-state index contributed by atoms with van der Waals surface area (Å²) in [5.41, 5.74) is 3.95. The molecule has 0 spiro atoms. The van der Waals surface area contributed by atoms with E-state index in [9.17, 15) is 0 Å². The Morgan fingerprint density at radius 3 is 1.83 bits per heavy atom. The smallest absolute Gasteiger partial charge is 0.134 e. The van der Waals surface area contributed by atoms with Gasteiger partial charge < -0.3 is 4.74 Å². The molecule has 4 rings (SSSR count). The van der Waals surface area contributed by atoms with E-state index in [-0.39, 0.29) is 21.7 Å². The summed E-state index contributed by atoms with van der Waals surface area (Å²) in [6, 6.07) is 30.2. The van der Waals surface area contributed by atoms with Gasteiger partial charge in [0, 0.05) is 36.8 Å². The van der Waals surface area contributed by atoms with Gasteiger partial charge in [-0.25, -0.2) is 6.08 Å². The van der Waals surface area contributed by atoms with E-state index in [0.717, 1.165) is 38.6 Å². The molecule has 1 nitrogen and oxygen atoms in total. The first-order valence-corrected chi connectivity index (χ1v) is 14.5. The number of benzene rings is 3. The molecule has 0 N–H and O–H groups in total. The molecule has 0 heterocycles. The average Bonchev–Trinajstić information content (AvgIpc) is 3.42. The van der Waals surface area contributed by atoms with Crippen LogP contribution in [0.5, 0.6) is 5.75 Å². The Labute approximate surface area is 236 Å². The second-order valence-corrected chi connectivity index (χ2v) is 10.3. The second-order valence-electron chi connectivity index (χ2n) is 9.12. The summed E-state index contributed by atoms with van der Waals surface area (Å²) in [5.74, 6) is 1.65. The van der Waals surface area contributed by atoms with Crippen LogP contribution < -0.4 is 4.74 Å². The third-order valence-corrected chi connectivity index (χ3v) is 4.93. The molecule has 0 aliphatic heterocycles. The van der Waals surface area contributed by atoms with E-state index in [1.54, 1.807) is 0 Å². The van der Waals surface area contributed by atoms with Crippen LogP contribution in [-0.2, 0) is 21.7 Å². The van der Waals surface area contributed by atoms with Crippen LogP contribution in [0.25, 0.3) is 11.8 Å². The van der Waals surface area contributed by atoms with Crippen molar-refractivity contribution in [2.45, 2.75) is 40.3 Å². The molecule has 3 aromatic rings. The van der Waals surface area contributed by atoms with Gasteiger partial charge in [0.15, 0.2) is 0 Å². The van der Waals surface area contributed by atoms with Gasteiger partial charge in [0.05, 0.1) is 0 Å². The number of rotatable bonds is 5. The van der Waals surface area contributed by atoms with Crippen LogP contribution in [0.4, 0.5) is 0 Å². The van der Waals surface area contributed by atoms with Gasteiger partial charge in [-0.1, -0.05) is 130 Å². The van der Waals surface area contributed by atoms with Crippen LogP contribution in [0, 0.1) is 11.5 Å². The van der Waals surface area contributed by atoms with Crippen LogP contribution in [0.1, 0.15) is 38.3 Å². The minimum atomic E-state index is 0. The summed E-state index contributed by atoms with van der Waals surface area (Å²) in [6.45, 7) is 11.1. The summed E-state index contributed by atoms with van der Waals surface area (Å²) < 4.78 is 6.05. The molecule has 1 radical (unpaired) electrons. The van der Waals surface area contributed by atoms with Crippen molar-refractivity contribution in [1.82, 2.24) is 0 Å². The second kappa shape index (κ2) is 17.7. The molecule has 185 valence electrons. The Kier molecular flexibility index (Phi) is 15.5. The molecule has 1 aliphatic rings. The van der Waals surface area contributed by atoms with Crippen LogP contribution in [0.2, 0.25) is 13.1 Å². The fourth-order valence-electron chi connectivity index (χ4n) is 3.14. The topological polar surface area (TPSA) is 9.23 Å². The average molecular weight is 527 g/mol. The molecule has 0 atom stereocenters. The number of hydrogen-bond acceptors (Lipinski definition) is 1. The molecule has 0 unspecified atom stereocenters. The summed E-state index contributed by atoms with van der Waals surface area (Å²) >= 11 is 0. The first-order chi connectivity index (χ1) is 16.9. The SMILES string of the molecule is C(=Cc1ccccc1)C=C(Oc1ccccc1)c1ccccc1.CC(C)(C)C1=CC[C-]=C1.C[SiH]C.[Ti]. The third-order valence-electron chi connectivity index (χ3n) is 4.93. The number of hydrogen-bond donors (Lipinski definition) is 0. The van der Waals surface area contributed by atoms with Crippen molar-refractivity contribution in [3.8, 4) is 5.75 Å². The summed E-state index contributed by atoms with van der Waals surface area (Å²) in [4.78, 5) is 0. The number of ether oxygens (including phenoxy) is 1. The quantitative estimate of drug-likeness (QED) is 0.139. The minimum Gasteiger partial charge on any atom is -0.457 e. The largest absolute Gasteiger partial charge is 0.457 e. The molecule has 3 aromatic carbocycles. The zero-order valence-corrected chi connectivity index (χ0v) is 25.0. The van der Waals surface area contributed by atoms with Crippen molar-refractivity contribution in [3.05, 3.63) is 138 Å². The molecule has 0 saturated carbocycles. The number of para-hydroxylation sites is 1. The molecule has 0 bridgehead atoms. The molecule has 0 saturated heterocycles. The minimum absolute atomic E-state index is 0. The van der Waals surface area contributed by atoms with Gasteiger partial charge in [-0.05, 0) is 23.8 Å². The Morgan fingerprint density at radius 1 is 0.833 bits per heavy atom. The molecular formula is C33H38OSiTi-. The molecule has 0 aromatic heterocycles. The standard InChI is InChI=1S/C22H18O.C9H13.C2H7Si.Ti/c1-4-11-19(12-5-1)13-10-18-22(20-14-6-2-7-15-20)23-21-16-8-3-9-17-21;1-9(2,3)8-6-4-5-7-8;1-3-2;/h1-18H;6-7H,4H2,1-3H3;3H,1-2H3;/q;-1;;. The van der Waals surface area contributed by atoms with Crippen molar-refractivity contribution in [1.29, 1.82) is 0 Å². The van der Waals surface area contributed by atoms with Crippen molar-refractivity contribution in [2.24, 2.45) is 5.41 Å². The normalized spacial score (nSPS) is 12.5. The number of allylic oxidation sites excluding steroid dienone is 6. The van der Waals surface area contributed by atoms with Crippen molar-refractivity contribution in [2.75, 3.05) is 0 Å². The Hall–Kier alpha value is -2.65. The maximum Gasteiger partial charge on any atom is 0.134 e. The van der Waals surface area contributed by atoms with Gasteiger partial charge in [0.1, 0.15) is 11.5 Å². The van der Waals surface area contributed by atoms with Crippen molar-refractivity contribution < 1.29 is 26.5 Å². The van der Waals surface area contributed by atoms with Gasteiger partial charge in [0.2, 0.25) is 0 Å². The van der Waals surface area contributed by atoms with E-state index in [1.807, 2.05) is 91.0 Å². The molecule has 1 aliphatic carbocycles. The fourth-order valence-corrected chi connectivity index (χ4v) is 3.14. The van der Waals surface area contributed by atoms with Crippen LogP contribution >= 0.6 is 0 Å². The monoisotopic (exact) mass is 526 g/mol. The van der Waals surface area contributed by atoms with E-state index < -0.39 is 0 Å². The van der Waals surface area contributed by atoms with Gasteiger partial charge in [-0.2, -0.15) is 11.6 Å². The summed E-state index contributed by atoms with van der Waals surface area (Å²) in [7, 11) is 0.750. The zero-order valence-electron chi connectivity index (χ0n) is 22.2. The summed E-state index contributed by atoms with van der Waals surface area (Å²) in [5, 5.41) is 0. The predicted octanol–water partition coefficient (Wildman–Crippen LogP) is 9.06. The molecule has 36 heavy (non-hydrogen) atoms. The molecule has 0 fully saturated rings. The van der Waals surface area contributed by atoms with E-state index in [2.05, 4.69) is 70.3 Å². The van der Waals surface area contributed by atoms with E-state index in [4.69, 9.17) is 4.74 Å². The first kappa shape index (κ1) is 31.4. The van der Waals surface area contributed by atoms with Crippen molar-refractivity contribution in [3.63, 3.8) is 0 Å². The Balaban J connectivity index is 0.000000417. The van der Waals surface area contributed by atoms with Crippen molar-refractivity contribution >= 4 is 21.4 Å². The zero-order chi connectivity index (χ0) is 25.4. The molecule has 0 amide bonds. The van der Waals surface area contributed by atoms with Gasteiger partial charge in [-0.15, -0.1) is 6.42 Å². The van der Waals surface area contributed by atoms with Crippen LogP contribution in [0.3, 0.4) is 0 Å². The van der Waals surface area contributed by atoms with Gasteiger partial charge in [0.25, 0.3) is 0 Å². The Bertz CT molecular complexity index is 1090. The van der Waals surface area contributed by atoms with Crippen LogP contribution in [-0.4, -0.2) is 9.52 Å². The van der Waals surface area contributed by atoms with E-state index in [0.29, 0.717) is 5.41 Å². The predicted molar refractivity (Wildman–Crippen MR) is 156 cm³/mol. The van der Waals surface area contributed by atoms with E-state index >= 15 is 0 Å². The van der Waals surface area contributed by atoms with Crippen LogP contribution in [0.15, 0.2) is 121 Å². The first-order valence-electron chi connectivity index (χ1n) is 12.2. The molecule has 3 heteroatoms. The maximum absolute atomic E-state index is 6.05. The van der Waals surface area contributed by atoms with Gasteiger partial charge in [-0.3, -0.25) is 6.08 Å². The molecular weight excluding hydrogens is 488 g/mol.